The molecule has 0 bridgehead atoms. The fourth-order valence-electron chi connectivity index (χ4n) is 2.07. The molecule has 128 valence electrons. The molecule has 0 aliphatic carbocycles. The predicted octanol–water partition coefficient (Wildman–Crippen LogP) is 5.29. The van der Waals surface area contributed by atoms with Gasteiger partial charge in [-0.05, 0) is 62.5 Å². The van der Waals surface area contributed by atoms with Gasteiger partial charge in [0, 0.05) is 16.7 Å². The molecule has 0 aromatic heterocycles. The molecule has 2 aromatic carbocycles. The first-order valence-electron chi connectivity index (χ1n) is 7.58. The van der Waals surface area contributed by atoms with Crippen molar-refractivity contribution in [1.82, 2.24) is 5.43 Å². The summed E-state index contributed by atoms with van der Waals surface area (Å²) in [5.41, 5.74) is 8.42. The average molecular weight is 456 g/mol. The van der Waals surface area contributed by atoms with Gasteiger partial charge in [-0.1, -0.05) is 30.9 Å². The van der Waals surface area contributed by atoms with Crippen LogP contribution in [0.2, 0.25) is 0 Å². The maximum absolute atomic E-state index is 5.72. The Kier molecular flexibility index (Phi) is 7.62. The number of hydrogen-bond donors (Lipinski definition) is 2. The second-order valence-electron chi connectivity index (χ2n) is 4.87. The van der Waals surface area contributed by atoms with Crippen LogP contribution >= 0.6 is 31.9 Å². The van der Waals surface area contributed by atoms with E-state index in [-0.39, 0.29) is 0 Å². The van der Waals surface area contributed by atoms with Gasteiger partial charge < -0.3 is 14.9 Å². The number of hydrazine groups is 1. The minimum Gasteiger partial charge on any atom is -0.490 e. The SMILES string of the molecule is C=CCOc1c(OCC)cc(CNNc2ccccc2)c(Br)c1Br. The molecular formula is C18H20Br2N2O2. The van der Waals surface area contributed by atoms with E-state index in [0.29, 0.717) is 31.3 Å². The molecule has 2 rings (SSSR count). The van der Waals surface area contributed by atoms with Gasteiger partial charge in [0.2, 0.25) is 0 Å². The molecule has 0 aliphatic rings. The molecular weight excluding hydrogens is 436 g/mol. The van der Waals surface area contributed by atoms with Gasteiger partial charge in [-0.25, -0.2) is 5.43 Å². The van der Waals surface area contributed by atoms with Gasteiger partial charge in [-0.2, -0.15) is 0 Å². The smallest absolute Gasteiger partial charge is 0.176 e. The Hall–Kier alpha value is -1.50. The Morgan fingerprint density at radius 3 is 2.54 bits per heavy atom. The first kappa shape index (κ1) is 18.8. The van der Waals surface area contributed by atoms with Crippen molar-refractivity contribution < 1.29 is 9.47 Å². The molecule has 0 aliphatic heterocycles. The predicted molar refractivity (Wildman–Crippen MR) is 106 cm³/mol. The normalized spacial score (nSPS) is 10.3. The van der Waals surface area contributed by atoms with Crippen LogP contribution in [-0.4, -0.2) is 13.2 Å². The van der Waals surface area contributed by atoms with Gasteiger partial charge in [0.1, 0.15) is 6.61 Å². The van der Waals surface area contributed by atoms with Gasteiger partial charge in [-0.15, -0.1) is 0 Å². The topological polar surface area (TPSA) is 42.5 Å². The summed E-state index contributed by atoms with van der Waals surface area (Å²) < 4.78 is 13.2. The minimum absolute atomic E-state index is 0.415. The highest BCUT2D eigenvalue weighted by Gasteiger charge is 2.17. The fraction of sp³-hybridized carbons (Fsp3) is 0.222. The maximum atomic E-state index is 5.72. The second kappa shape index (κ2) is 9.71. The van der Waals surface area contributed by atoms with E-state index in [1.165, 1.54) is 0 Å². The number of nitrogens with one attached hydrogen (secondary N) is 2. The van der Waals surface area contributed by atoms with E-state index >= 15 is 0 Å². The summed E-state index contributed by atoms with van der Waals surface area (Å²) in [5, 5.41) is 0. The lowest BCUT2D eigenvalue weighted by Crippen LogP contribution is -2.21. The quantitative estimate of drug-likeness (QED) is 0.398. The Balaban J connectivity index is 2.15. The largest absolute Gasteiger partial charge is 0.490 e. The van der Waals surface area contributed by atoms with Crippen LogP contribution in [0.25, 0.3) is 0 Å². The van der Waals surface area contributed by atoms with Crippen molar-refractivity contribution in [3.05, 3.63) is 63.6 Å². The van der Waals surface area contributed by atoms with E-state index in [0.717, 1.165) is 20.2 Å². The van der Waals surface area contributed by atoms with Crippen molar-refractivity contribution in [2.45, 2.75) is 13.5 Å². The first-order chi connectivity index (χ1) is 11.7. The van der Waals surface area contributed by atoms with Crippen LogP contribution < -0.4 is 20.3 Å². The lowest BCUT2D eigenvalue weighted by molar-refractivity contribution is 0.295. The third kappa shape index (κ3) is 5.00. The number of benzene rings is 2. The molecule has 24 heavy (non-hydrogen) atoms. The van der Waals surface area contributed by atoms with Crippen molar-refractivity contribution in [3.8, 4) is 11.5 Å². The Morgan fingerprint density at radius 1 is 1.12 bits per heavy atom. The van der Waals surface area contributed by atoms with Crippen molar-refractivity contribution in [2.24, 2.45) is 0 Å². The lowest BCUT2D eigenvalue weighted by Gasteiger charge is -2.17. The van der Waals surface area contributed by atoms with Gasteiger partial charge in [0.05, 0.1) is 11.1 Å². The number of rotatable bonds is 9. The summed E-state index contributed by atoms with van der Waals surface area (Å²) in [6.07, 6.45) is 1.70. The van der Waals surface area contributed by atoms with E-state index in [1.54, 1.807) is 6.08 Å². The van der Waals surface area contributed by atoms with E-state index in [1.807, 2.05) is 43.3 Å². The monoisotopic (exact) mass is 454 g/mol. The zero-order chi connectivity index (χ0) is 17.4. The van der Waals surface area contributed by atoms with Gasteiger partial charge in [0.15, 0.2) is 11.5 Å². The van der Waals surface area contributed by atoms with Crippen molar-refractivity contribution in [3.63, 3.8) is 0 Å². The summed E-state index contributed by atoms with van der Waals surface area (Å²) in [4.78, 5) is 0. The molecule has 6 heteroatoms. The van der Waals surface area contributed by atoms with Crippen LogP contribution in [0.3, 0.4) is 0 Å². The molecule has 0 radical (unpaired) electrons. The second-order valence-corrected chi connectivity index (χ2v) is 6.45. The Bertz CT molecular complexity index is 678. The molecule has 4 nitrogen and oxygen atoms in total. The number of hydrogen-bond acceptors (Lipinski definition) is 4. The van der Waals surface area contributed by atoms with Gasteiger partial charge >= 0.3 is 0 Å². The van der Waals surface area contributed by atoms with Crippen molar-refractivity contribution in [1.29, 1.82) is 0 Å². The van der Waals surface area contributed by atoms with Crippen LogP contribution in [0.5, 0.6) is 11.5 Å². The molecule has 0 spiro atoms. The molecule has 0 amide bonds. The molecule has 2 N–H and O–H groups in total. The highest BCUT2D eigenvalue weighted by molar-refractivity contribution is 9.13. The third-order valence-electron chi connectivity index (χ3n) is 3.13. The highest BCUT2D eigenvalue weighted by Crippen LogP contribution is 2.42. The van der Waals surface area contributed by atoms with E-state index < -0.39 is 0 Å². The minimum atomic E-state index is 0.415. The first-order valence-corrected chi connectivity index (χ1v) is 9.17. The molecule has 0 fully saturated rings. The van der Waals surface area contributed by atoms with Crippen LogP contribution in [0.1, 0.15) is 12.5 Å². The van der Waals surface area contributed by atoms with Crippen molar-refractivity contribution in [2.75, 3.05) is 18.6 Å². The Labute approximate surface area is 159 Å². The van der Waals surface area contributed by atoms with Crippen LogP contribution in [-0.2, 0) is 6.54 Å². The van der Waals surface area contributed by atoms with Crippen molar-refractivity contribution >= 4 is 37.5 Å². The lowest BCUT2D eigenvalue weighted by atomic mass is 10.2. The maximum Gasteiger partial charge on any atom is 0.176 e. The Morgan fingerprint density at radius 2 is 1.88 bits per heavy atom. The molecule has 0 saturated carbocycles. The van der Waals surface area contributed by atoms with Crippen LogP contribution in [0, 0.1) is 0 Å². The molecule has 0 saturated heterocycles. The number of ether oxygens (including phenoxy) is 2. The average Bonchev–Trinajstić information content (AvgIpc) is 2.60. The fourth-order valence-corrected chi connectivity index (χ4v) is 3.07. The zero-order valence-electron chi connectivity index (χ0n) is 13.4. The number of anilines is 1. The van der Waals surface area contributed by atoms with E-state index in [4.69, 9.17) is 9.47 Å². The van der Waals surface area contributed by atoms with Gasteiger partial charge in [-0.3, -0.25) is 0 Å². The number of halogens is 2. The summed E-state index contributed by atoms with van der Waals surface area (Å²) in [5.74, 6) is 1.37. The summed E-state index contributed by atoms with van der Waals surface area (Å²) in [6.45, 7) is 7.21. The molecule has 0 unspecified atom stereocenters. The summed E-state index contributed by atoms with van der Waals surface area (Å²) >= 11 is 7.20. The highest BCUT2D eigenvalue weighted by atomic mass is 79.9. The standard InChI is InChI=1S/C18H20Br2N2O2/c1-3-10-24-18-15(23-4-2)11-13(16(19)17(18)20)12-21-22-14-8-6-5-7-9-14/h3,5-9,11,21-22H,1,4,10,12H2,2H3. The zero-order valence-corrected chi connectivity index (χ0v) is 16.6. The molecule has 2 aromatic rings. The van der Waals surface area contributed by atoms with E-state index in [9.17, 15) is 0 Å². The third-order valence-corrected chi connectivity index (χ3v) is 5.33. The van der Waals surface area contributed by atoms with Crippen LogP contribution in [0.15, 0.2) is 58.0 Å². The van der Waals surface area contributed by atoms with E-state index in [2.05, 4.69) is 49.3 Å². The van der Waals surface area contributed by atoms with Gasteiger partial charge in [0.25, 0.3) is 0 Å². The summed E-state index contributed by atoms with van der Waals surface area (Å²) in [6, 6.07) is 11.9. The number of para-hydroxylation sites is 1. The summed E-state index contributed by atoms with van der Waals surface area (Å²) in [7, 11) is 0. The van der Waals surface area contributed by atoms with Crippen LogP contribution in [0.4, 0.5) is 5.69 Å². The molecule has 0 heterocycles. The molecule has 0 atom stereocenters.